The van der Waals surface area contributed by atoms with Crippen LogP contribution in [0.15, 0.2) is 66.9 Å². The van der Waals surface area contributed by atoms with E-state index in [-0.39, 0.29) is 5.91 Å². The van der Waals surface area contributed by atoms with Crippen LogP contribution in [0.25, 0.3) is 10.2 Å². The highest BCUT2D eigenvalue weighted by atomic mass is 35.5. The Balaban J connectivity index is 1.77. The van der Waals surface area contributed by atoms with Gasteiger partial charge in [-0.2, -0.15) is 0 Å². The highest BCUT2D eigenvalue weighted by Gasteiger charge is 2.22. The molecule has 0 aliphatic carbocycles. The number of pyridine rings is 1. The van der Waals surface area contributed by atoms with Crippen molar-refractivity contribution in [1.29, 1.82) is 0 Å². The third kappa shape index (κ3) is 3.83. The van der Waals surface area contributed by atoms with E-state index in [1.807, 2.05) is 36.4 Å². The Kier molecular flexibility index (Phi) is 5.23. The molecule has 0 N–H and O–H groups in total. The summed E-state index contributed by atoms with van der Waals surface area (Å²) in [4.78, 5) is 23.9. The van der Waals surface area contributed by atoms with Crippen molar-refractivity contribution in [3.63, 3.8) is 0 Å². The zero-order valence-electron chi connectivity index (χ0n) is 15.0. The van der Waals surface area contributed by atoms with Crippen LogP contribution in [0.5, 0.6) is 5.75 Å². The van der Waals surface area contributed by atoms with Crippen molar-refractivity contribution in [2.75, 3.05) is 12.0 Å². The molecule has 2 aromatic carbocycles. The van der Waals surface area contributed by atoms with Crippen LogP contribution >= 0.6 is 22.9 Å². The lowest BCUT2D eigenvalue weighted by Gasteiger charge is -2.19. The second-order valence-electron chi connectivity index (χ2n) is 6.05. The largest absolute Gasteiger partial charge is 0.497 e. The number of hydrogen-bond acceptors (Lipinski definition) is 5. The van der Waals surface area contributed by atoms with Gasteiger partial charge in [-0.3, -0.25) is 14.7 Å². The minimum Gasteiger partial charge on any atom is -0.497 e. The molecule has 0 aliphatic rings. The number of halogens is 1. The predicted molar refractivity (Wildman–Crippen MR) is 112 cm³/mol. The average Bonchev–Trinajstić information content (AvgIpc) is 3.15. The summed E-state index contributed by atoms with van der Waals surface area (Å²) in [6.07, 6.45) is 1.71. The number of anilines is 1. The van der Waals surface area contributed by atoms with Crippen molar-refractivity contribution in [3.05, 3.63) is 83.1 Å². The van der Waals surface area contributed by atoms with Crippen molar-refractivity contribution in [2.45, 2.75) is 6.54 Å². The number of amides is 1. The summed E-state index contributed by atoms with van der Waals surface area (Å²) in [6.45, 7) is 0.309. The van der Waals surface area contributed by atoms with E-state index >= 15 is 0 Å². The number of rotatable bonds is 5. The van der Waals surface area contributed by atoms with E-state index in [1.165, 1.54) is 11.3 Å². The standard InChI is InChI=1S/C21H16ClN3O2S/c1-27-17-8-9-18-19(12-17)28-21(24-18)25(13-16-7-2-3-10-23-16)20(26)14-5-4-6-15(22)11-14/h2-12H,13H2,1H3. The zero-order valence-corrected chi connectivity index (χ0v) is 16.6. The number of carbonyl (C=O) groups is 1. The van der Waals surface area contributed by atoms with Crippen molar-refractivity contribution in [1.82, 2.24) is 9.97 Å². The molecule has 0 radical (unpaired) electrons. The van der Waals surface area contributed by atoms with E-state index in [2.05, 4.69) is 9.97 Å². The molecule has 0 saturated carbocycles. The summed E-state index contributed by atoms with van der Waals surface area (Å²) >= 11 is 7.52. The molecule has 1 amide bonds. The molecule has 28 heavy (non-hydrogen) atoms. The molecule has 2 heterocycles. The number of hydrogen-bond donors (Lipinski definition) is 0. The first kappa shape index (κ1) is 18.4. The first-order chi connectivity index (χ1) is 13.6. The molecule has 0 unspecified atom stereocenters. The predicted octanol–water partition coefficient (Wildman–Crippen LogP) is 5.20. The maximum absolute atomic E-state index is 13.3. The van der Waals surface area contributed by atoms with Crippen LogP contribution in [0.4, 0.5) is 5.13 Å². The Morgan fingerprint density at radius 2 is 2.04 bits per heavy atom. The maximum atomic E-state index is 13.3. The second kappa shape index (κ2) is 7.96. The van der Waals surface area contributed by atoms with Gasteiger partial charge in [0.05, 0.1) is 29.6 Å². The van der Waals surface area contributed by atoms with E-state index < -0.39 is 0 Å². The van der Waals surface area contributed by atoms with Crippen LogP contribution in [0.3, 0.4) is 0 Å². The van der Waals surface area contributed by atoms with Crippen molar-refractivity contribution in [3.8, 4) is 5.75 Å². The summed E-state index contributed by atoms with van der Waals surface area (Å²) in [6, 6.07) is 18.2. The molecular formula is C21H16ClN3O2S. The second-order valence-corrected chi connectivity index (χ2v) is 7.50. The van der Waals surface area contributed by atoms with Gasteiger partial charge in [-0.1, -0.05) is 35.1 Å². The fourth-order valence-corrected chi connectivity index (χ4v) is 3.97. The van der Waals surface area contributed by atoms with Gasteiger partial charge in [-0.15, -0.1) is 0 Å². The molecule has 4 rings (SSSR count). The molecule has 7 heteroatoms. The molecule has 5 nitrogen and oxygen atoms in total. The maximum Gasteiger partial charge on any atom is 0.260 e. The molecule has 0 fully saturated rings. The van der Waals surface area contributed by atoms with Gasteiger partial charge in [0, 0.05) is 16.8 Å². The highest BCUT2D eigenvalue weighted by molar-refractivity contribution is 7.22. The van der Waals surface area contributed by atoms with Crippen LogP contribution < -0.4 is 9.64 Å². The summed E-state index contributed by atoms with van der Waals surface area (Å²) in [7, 11) is 1.62. The van der Waals surface area contributed by atoms with Gasteiger partial charge in [0.25, 0.3) is 5.91 Å². The normalized spacial score (nSPS) is 10.8. The quantitative estimate of drug-likeness (QED) is 0.454. The zero-order chi connectivity index (χ0) is 19.5. The monoisotopic (exact) mass is 409 g/mol. The number of benzene rings is 2. The number of ether oxygens (including phenoxy) is 1. The molecule has 0 bridgehead atoms. The van der Waals surface area contributed by atoms with Crippen molar-refractivity contribution < 1.29 is 9.53 Å². The lowest BCUT2D eigenvalue weighted by Crippen LogP contribution is -2.30. The van der Waals surface area contributed by atoms with E-state index in [0.717, 1.165) is 21.7 Å². The fraction of sp³-hybridized carbons (Fsp3) is 0.0952. The van der Waals surface area contributed by atoms with Crippen LogP contribution in [0.2, 0.25) is 5.02 Å². The smallest absolute Gasteiger partial charge is 0.260 e. The van der Waals surface area contributed by atoms with Crippen LogP contribution in [0, 0.1) is 0 Å². The third-order valence-corrected chi connectivity index (χ3v) is 5.45. The number of carbonyl (C=O) groups excluding carboxylic acids is 1. The highest BCUT2D eigenvalue weighted by Crippen LogP contribution is 2.33. The third-order valence-electron chi connectivity index (χ3n) is 4.18. The summed E-state index contributed by atoms with van der Waals surface area (Å²) in [5.74, 6) is 0.569. The van der Waals surface area contributed by atoms with E-state index in [9.17, 15) is 4.79 Å². The molecule has 4 aromatic rings. The number of methoxy groups -OCH3 is 1. The first-order valence-corrected chi connectivity index (χ1v) is 9.75. The number of fused-ring (bicyclic) bond motifs is 1. The number of aromatic nitrogens is 2. The molecule has 140 valence electrons. The van der Waals surface area contributed by atoms with Gasteiger partial charge >= 0.3 is 0 Å². The molecular weight excluding hydrogens is 394 g/mol. The molecule has 0 aliphatic heterocycles. The minimum atomic E-state index is -0.181. The minimum absolute atomic E-state index is 0.181. The summed E-state index contributed by atoms with van der Waals surface area (Å²) < 4.78 is 6.24. The fourth-order valence-electron chi connectivity index (χ4n) is 2.79. The van der Waals surface area contributed by atoms with Gasteiger partial charge < -0.3 is 4.74 Å². The Morgan fingerprint density at radius 1 is 1.14 bits per heavy atom. The van der Waals surface area contributed by atoms with Crippen LogP contribution in [-0.4, -0.2) is 23.0 Å². The first-order valence-electron chi connectivity index (χ1n) is 8.56. The van der Waals surface area contributed by atoms with Gasteiger partial charge in [-0.05, 0) is 48.5 Å². The molecule has 2 aromatic heterocycles. The van der Waals surface area contributed by atoms with E-state index in [1.54, 1.807) is 42.5 Å². The van der Waals surface area contributed by atoms with Gasteiger partial charge in [0.1, 0.15) is 5.75 Å². The molecule has 0 atom stereocenters. The Morgan fingerprint density at radius 3 is 2.79 bits per heavy atom. The van der Waals surface area contributed by atoms with E-state index in [0.29, 0.717) is 22.3 Å². The Bertz CT molecular complexity index is 1130. The van der Waals surface area contributed by atoms with Crippen LogP contribution in [-0.2, 0) is 6.54 Å². The van der Waals surface area contributed by atoms with Crippen LogP contribution in [0.1, 0.15) is 16.1 Å². The summed E-state index contributed by atoms with van der Waals surface area (Å²) in [5, 5.41) is 1.11. The Labute approximate surface area is 171 Å². The SMILES string of the molecule is COc1ccc2nc(N(Cc3ccccn3)C(=O)c3cccc(Cl)c3)sc2c1. The van der Waals surface area contributed by atoms with Gasteiger partial charge in [0.15, 0.2) is 5.13 Å². The molecule has 0 spiro atoms. The average molecular weight is 410 g/mol. The van der Waals surface area contributed by atoms with Gasteiger partial charge in [0.2, 0.25) is 0 Å². The topological polar surface area (TPSA) is 55.3 Å². The van der Waals surface area contributed by atoms with Crippen molar-refractivity contribution >= 4 is 44.2 Å². The Hall–Kier alpha value is -2.96. The van der Waals surface area contributed by atoms with Crippen molar-refractivity contribution in [2.24, 2.45) is 0 Å². The summed E-state index contributed by atoms with van der Waals surface area (Å²) in [5.41, 5.74) is 2.08. The lowest BCUT2D eigenvalue weighted by molar-refractivity contribution is 0.0985. The molecule has 0 saturated heterocycles. The number of nitrogens with zero attached hydrogens (tertiary/aromatic N) is 3. The lowest BCUT2D eigenvalue weighted by atomic mass is 10.2. The van der Waals surface area contributed by atoms with E-state index in [4.69, 9.17) is 16.3 Å². The van der Waals surface area contributed by atoms with Gasteiger partial charge in [-0.25, -0.2) is 4.98 Å². The number of thiazole rings is 1.